The van der Waals surface area contributed by atoms with Crippen LogP contribution >= 0.6 is 28.1 Å². The quantitative estimate of drug-likeness (QED) is 0.241. The molecule has 0 bridgehead atoms. The molecule has 3 aromatic rings. The van der Waals surface area contributed by atoms with E-state index in [-0.39, 0.29) is 16.9 Å². The predicted molar refractivity (Wildman–Crippen MR) is 153 cm³/mol. The van der Waals surface area contributed by atoms with E-state index in [1.807, 2.05) is 30.3 Å². The molecule has 3 aromatic carbocycles. The van der Waals surface area contributed by atoms with Crippen molar-refractivity contribution in [1.82, 2.24) is 5.32 Å². The number of hydrogen-bond acceptors (Lipinski definition) is 4. The summed E-state index contributed by atoms with van der Waals surface area (Å²) in [5.74, 6) is 0.872. The Hall–Kier alpha value is -3.23. The maximum absolute atomic E-state index is 12.6. The second kappa shape index (κ2) is 13.8. The summed E-state index contributed by atoms with van der Waals surface area (Å²) in [5, 5.41) is 8.73. The van der Waals surface area contributed by atoms with Crippen molar-refractivity contribution >= 4 is 56.4 Å². The van der Waals surface area contributed by atoms with Crippen LogP contribution in [-0.2, 0) is 11.2 Å². The SMILES string of the molecule is CC(C)CCOc1ccc(C(=O)NC(=S)Nc2ccc(NC(=O)CCc3ccccc3)cc2)cc1Br. The van der Waals surface area contributed by atoms with E-state index in [2.05, 4.69) is 45.7 Å². The van der Waals surface area contributed by atoms with E-state index in [1.54, 1.807) is 42.5 Å². The maximum atomic E-state index is 12.6. The Labute approximate surface area is 226 Å². The van der Waals surface area contributed by atoms with Crippen LogP contribution in [0.15, 0.2) is 77.3 Å². The Morgan fingerprint density at radius 1 is 0.944 bits per heavy atom. The lowest BCUT2D eigenvalue weighted by molar-refractivity contribution is -0.116. The maximum Gasteiger partial charge on any atom is 0.257 e. The van der Waals surface area contributed by atoms with Crippen LogP contribution in [0.5, 0.6) is 5.75 Å². The topological polar surface area (TPSA) is 79.5 Å². The first-order valence-electron chi connectivity index (χ1n) is 11.8. The van der Waals surface area contributed by atoms with E-state index >= 15 is 0 Å². The number of halogens is 1. The molecule has 3 rings (SSSR count). The number of carbonyl (C=O) groups is 2. The second-order valence-corrected chi connectivity index (χ2v) is 9.96. The number of rotatable bonds is 10. The molecule has 0 aromatic heterocycles. The lowest BCUT2D eigenvalue weighted by Crippen LogP contribution is -2.34. The van der Waals surface area contributed by atoms with Crippen molar-refractivity contribution in [2.45, 2.75) is 33.1 Å². The van der Waals surface area contributed by atoms with Gasteiger partial charge in [-0.15, -0.1) is 0 Å². The minimum Gasteiger partial charge on any atom is -0.492 e. The fourth-order valence-corrected chi connectivity index (χ4v) is 3.97. The monoisotopic (exact) mass is 567 g/mol. The zero-order valence-corrected chi connectivity index (χ0v) is 22.7. The first-order valence-corrected chi connectivity index (χ1v) is 13.0. The van der Waals surface area contributed by atoms with Crippen LogP contribution in [0.2, 0.25) is 0 Å². The van der Waals surface area contributed by atoms with E-state index in [9.17, 15) is 9.59 Å². The molecule has 2 amide bonds. The first kappa shape index (κ1) is 27.4. The molecule has 0 aliphatic carbocycles. The van der Waals surface area contributed by atoms with Crippen LogP contribution < -0.4 is 20.7 Å². The summed E-state index contributed by atoms with van der Waals surface area (Å²) < 4.78 is 6.47. The van der Waals surface area contributed by atoms with Crippen molar-refractivity contribution in [1.29, 1.82) is 0 Å². The summed E-state index contributed by atoms with van der Waals surface area (Å²) in [6, 6.07) is 22.2. The van der Waals surface area contributed by atoms with Gasteiger partial charge in [-0.05, 0) is 94.9 Å². The molecule has 6 nitrogen and oxygen atoms in total. The van der Waals surface area contributed by atoms with Gasteiger partial charge in [0.25, 0.3) is 5.91 Å². The van der Waals surface area contributed by atoms with Gasteiger partial charge in [-0.3, -0.25) is 14.9 Å². The molecule has 0 saturated heterocycles. The van der Waals surface area contributed by atoms with Crippen molar-refractivity contribution in [2.75, 3.05) is 17.2 Å². The third kappa shape index (κ3) is 9.09. The number of benzene rings is 3. The number of anilines is 2. The van der Waals surface area contributed by atoms with E-state index in [1.165, 1.54) is 0 Å². The van der Waals surface area contributed by atoms with E-state index < -0.39 is 0 Å². The van der Waals surface area contributed by atoms with Crippen LogP contribution in [0, 0.1) is 5.92 Å². The van der Waals surface area contributed by atoms with Crippen LogP contribution in [0.1, 0.15) is 42.6 Å². The van der Waals surface area contributed by atoms with Gasteiger partial charge < -0.3 is 15.4 Å². The normalized spacial score (nSPS) is 10.6. The largest absolute Gasteiger partial charge is 0.492 e. The Morgan fingerprint density at radius 3 is 2.25 bits per heavy atom. The molecule has 0 aliphatic rings. The molecule has 0 atom stereocenters. The smallest absolute Gasteiger partial charge is 0.257 e. The molecule has 36 heavy (non-hydrogen) atoms. The summed E-state index contributed by atoms with van der Waals surface area (Å²) in [4.78, 5) is 24.8. The fraction of sp³-hybridized carbons (Fsp3) is 0.250. The number of carbonyl (C=O) groups excluding carboxylic acids is 2. The third-order valence-electron chi connectivity index (χ3n) is 5.28. The first-order chi connectivity index (χ1) is 17.3. The van der Waals surface area contributed by atoms with Crippen LogP contribution in [0.3, 0.4) is 0 Å². The molecule has 8 heteroatoms. The van der Waals surface area contributed by atoms with Gasteiger partial charge in [-0.25, -0.2) is 0 Å². The zero-order valence-electron chi connectivity index (χ0n) is 20.3. The Morgan fingerprint density at radius 2 is 1.61 bits per heavy atom. The summed E-state index contributed by atoms with van der Waals surface area (Å²) in [6.45, 7) is 4.90. The number of thiocarbonyl (C=S) groups is 1. The zero-order chi connectivity index (χ0) is 25.9. The highest BCUT2D eigenvalue weighted by atomic mass is 79.9. The highest BCUT2D eigenvalue weighted by Crippen LogP contribution is 2.26. The van der Waals surface area contributed by atoms with Gasteiger partial charge in [-0.1, -0.05) is 44.2 Å². The number of ether oxygens (including phenoxy) is 1. The number of aryl methyl sites for hydroxylation is 1. The van der Waals surface area contributed by atoms with Crippen LogP contribution in [0.4, 0.5) is 11.4 Å². The molecule has 0 radical (unpaired) electrons. The minimum absolute atomic E-state index is 0.0511. The van der Waals surface area contributed by atoms with Gasteiger partial charge in [0.1, 0.15) is 5.75 Å². The summed E-state index contributed by atoms with van der Waals surface area (Å²) in [7, 11) is 0. The van der Waals surface area contributed by atoms with Crippen molar-refractivity contribution < 1.29 is 14.3 Å². The molecule has 0 spiro atoms. The average molecular weight is 569 g/mol. The molecule has 0 fully saturated rings. The molecule has 0 saturated carbocycles. The van der Waals surface area contributed by atoms with Crippen molar-refractivity contribution in [3.05, 3.63) is 88.4 Å². The van der Waals surface area contributed by atoms with E-state index in [0.29, 0.717) is 52.5 Å². The Balaban J connectivity index is 1.45. The summed E-state index contributed by atoms with van der Waals surface area (Å²) in [6.07, 6.45) is 2.04. The Kier molecular flexibility index (Phi) is 10.5. The number of hydrogen-bond donors (Lipinski definition) is 3. The van der Waals surface area contributed by atoms with Gasteiger partial charge in [0.2, 0.25) is 5.91 Å². The lowest BCUT2D eigenvalue weighted by atomic mass is 10.1. The molecule has 0 unspecified atom stereocenters. The molecular weight excluding hydrogens is 538 g/mol. The summed E-state index contributed by atoms with van der Waals surface area (Å²) >= 11 is 8.75. The number of nitrogens with one attached hydrogen (secondary N) is 3. The molecule has 0 aliphatic heterocycles. The molecular formula is C28H30BrN3O3S. The van der Waals surface area contributed by atoms with Crippen LogP contribution in [-0.4, -0.2) is 23.5 Å². The highest BCUT2D eigenvalue weighted by molar-refractivity contribution is 9.10. The van der Waals surface area contributed by atoms with Crippen LogP contribution in [0.25, 0.3) is 0 Å². The molecule has 188 valence electrons. The second-order valence-electron chi connectivity index (χ2n) is 8.70. The third-order valence-corrected chi connectivity index (χ3v) is 6.11. The fourth-order valence-electron chi connectivity index (χ4n) is 3.26. The van der Waals surface area contributed by atoms with Gasteiger partial charge in [0, 0.05) is 23.4 Å². The van der Waals surface area contributed by atoms with Gasteiger partial charge in [0.15, 0.2) is 5.11 Å². The minimum atomic E-state index is -0.329. The van der Waals surface area contributed by atoms with Gasteiger partial charge in [-0.2, -0.15) is 0 Å². The average Bonchev–Trinajstić information content (AvgIpc) is 2.85. The number of amides is 2. The molecule has 0 heterocycles. The molecule has 3 N–H and O–H groups in total. The van der Waals surface area contributed by atoms with E-state index in [4.69, 9.17) is 17.0 Å². The standard InChI is InChI=1S/C28H30BrN3O3S/c1-19(2)16-17-35-25-14-9-21(18-24(25)29)27(34)32-28(36)31-23-12-10-22(11-13-23)30-26(33)15-8-20-6-4-3-5-7-20/h3-7,9-14,18-19H,8,15-17H2,1-2H3,(H,30,33)(H2,31,32,34,36). The predicted octanol–water partition coefficient (Wildman–Crippen LogP) is 6.57. The van der Waals surface area contributed by atoms with Crippen molar-refractivity contribution in [2.24, 2.45) is 5.92 Å². The van der Waals surface area contributed by atoms with Crippen molar-refractivity contribution in [3.8, 4) is 5.75 Å². The van der Waals surface area contributed by atoms with Gasteiger partial charge >= 0.3 is 0 Å². The Bertz CT molecular complexity index is 1180. The summed E-state index contributed by atoms with van der Waals surface area (Å²) in [5.41, 5.74) is 2.96. The van der Waals surface area contributed by atoms with Crippen molar-refractivity contribution in [3.63, 3.8) is 0 Å². The van der Waals surface area contributed by atoms with E-state index in [0.717, 1.165) is 12.0 Å². The lowest BCUT2D eigenvalue weighted by Gasteiger charge is -2.12. The highest BCUT2D eigenvalue weighted by Gasteiger charge is 2.12. The van der Waals surface area contributed by atoms with Gasteiger partial charge in [0.05, 0.1) is 11.1 Å².